The zero-order chi connectivity index (χ0) is 25.6. The van der Waals surface area contributed by atoms with E-state index in [-0.39, 0.29) is 11.8 Å². The van der Waals surface area contributed by atoms with E-state index < -0.39 is 23.6 Å². The van der Waals surface area contributed by atoms with Gasteiger partial charge in [0.1, 0.15) is 17.4 Å². The van der Waals surface area contributed by atoms with Crippen LogP contribution in [0.4, 0.5) is 16.2 Å². The van der Waals surface area contributed by atoms with E-state index in [1.54, 1.807) is 45.9 Å². The minimum atomic E-state index is -0.853. The van der Waals surface area contributed by atoms with Crippen molar-refractivity contribution in [3.05, 3.63) is 18.2 Å². The second kappa shape index (κ2) is 11.6. The van der Waals surface area contributed by atoms with E-state index in [1.165, 1.54) is 7.11 Å². The van der Waals surface area contributed by atoms with Crippen molar-refractivity contribution in [2.45, 2.75) is 79.4 Å². The van der Waals surface area contributed by atoms with Gasteiger partial charge in [-0.25, -0.2) is 4.79 Å². The monoisotopic (exact) mass is 475 g/mol. The molecule has 0 heterocycles. The van der Waals surface area contributed by atoms with Gasteiger partial charge in [0, 0.05) is 12.0 Å². The van der Waals surface area contributed by atoms with Crippen molar-refractivity contribution >= 4 is 29.3 Å². The topological polar surface area (TPSA) is 106 Å². The number of anilines is 2. The molecule has 0 aliphatic heterocycles. The molecule has 4 atom stereocenters. The molecule has 1 aromatic rings. The third-order valence-electron chi connectivity index (χ3n) is 6.23. The van der Waals surface area contributed by atoms with E-state index in [4.69, 9.17) is 9.47 Å². The Bertz CT molecular complexity index is 878. The van der Waals surface area contributed by atoms with Crippen LogP contribution < -0.4 is 20.7 Å². The number of methoxy groups -OCH3 is 1. The van der Waals surface area contributed by atoms with E-state index in [9.17, 15) is 14.4 Å². The van der Waals surface area contributed by atoms with Gasteiger partial charge in [-0.2, -0.15) is 0 Å². The van der Waals surface area contributed by atoms with Crippen molar-refractivity contribution in [2.24, 2.45) is 23.7 Å². The number of carbonyl (C=O) groups excluding carboxylic acids is 3. The van der Waals surface area contributed by atoms with Crippen LogP contribution in [0.1, 0.15) is 67.7 Å². The van der Waals surface area contributed by atoms with Gasteiger partial charge in [0.05, 0.1) is 18.5 Å². The summed E-state index contributed by atoms with van der Waals surface area (Å²) in [6.45, 7) is 13.3. The Morgan fingerprint density at radius 3 is 2.29 bits per heavy atom. The molecule has 3 amide bonds. The third kappa shape index (κ3) is 7.92. The maximum atomic E-state index is 13.3. The number of alkyl carbamates (subject to hydrolysis) is 1. The molecular weight excluding hydrogens is 434 g/mol. The largest absolute Gasteiger partial charge is 0.497 e. The van der Waals surface area contributed by atoms with Crippen molar-refractivity contribution in [3.8, 4) is 5.75 Å². The first-order valence-electron chi connectivity index (χ1n) is 12.1. The number of hydrogen-bond donors (Lipinski definition) is 3. The lowest BCUT2D eigenvalue weighted by Gasteiger charge is -2.36. The molecule has 1 unspecified atom stereocenters. The molecular formula is C26H41N3O5. The van der Waals surface area contributed by atoms with Crippen molar-refractivity contribution < 1.29 is 23.9 Å². The maximum Gasteiger partial charge on any atom is 0.408 e. The third-order valence-corrected chi connectivity index (χ3v) is 6.23. The number of rotatable bonds is 7. The second-order valence-corrected chi connectivity index (χ2v) is 10.7. The average molecular weight is 476 g/mol. The molecule has 34 heavy (non-hydrogen) atoms. The Hall–Kier alpha value is -2.77. The Balaban J connectivity index is 2.17. The molecule has 1 aliphatic rings. The second-order valence-electron chi connectivity index (χ2n) is 10.7. The average Bonchev–Trinajstić information content (AvgIpc) is 2.72. The lowest BCUT2D eigenvalue weighted by atomic mass is 9.70. The highest BCUT2D eigenvalue weighted by atomic mass is 16.6. The van der Waals surface area contributed by atoms with Gasteiger partial charge in [-0.05, 0) is 70.4 Å². The fourth-order valence-electron chi connectivity index (χ4n) is 4.38. The highest BCUT2D eigenvalue weighted by Gasteiger charge is 2.35. The van der Waals surface area contributed by atoms with Crippen molar-refractivity contribution in [2.75, 3.05) is 17.7 Å². The van der Waals surface area contributed by atoms with E-state index in [2.05, 4.69) is 36.7 Å². The summed E-state index contributed by atoms with van der Waals surface area (Å²) in [5.41, 5.74) is 0.222. The van der Waals surface area contributed by atoms with Crippen LogP contribution in [-0.4, -0.2) is 36.7 Å². The molecule has 0 radical (unpaired) electrons. The van der Waals surface area contributed by atoms with E-state index >= 15 is 0 Å². The number of nitrogens with one attached hydrogen (secondary N) is 3. The Morgan fingerprint density at radius 2 is 1.71 bits per heavy atom. The summed E-state index contributed by atoms with van der Waals surface area (Å²) < 4.78 is 10.5. The molecule has 1 fully saturated rings. The maximum absolute atomic E-state index is 13.3. The summed E-state index contributed by atoms with van der Waals surface area (Å²) in [6.07, 6.45) is 2.35. The molecule has 0 saturated heterocycles. The standard InChI is InChI=1S/C26H41N3O5/c1-15(2)19-11-9-16(3)13-20(19)24(31)28-21-12-10-18(33-8)14-22(21)29-23(30)17(4)27-25(32)34-26(5,6)7/h10,12,14-17,19-20H,9,11,13H2,1-8H3,(H,27,32)(H,28,31)(H,29,30)/t16-,17-,19+,20?/m1/s1. The number of carbonyl (C=O) groups is 3. The molecule has 1 aromatic carbocycles. The van der Waals surface area contributed by atoms with Gasteiger partial charge in [-0.3, -0.25) is 9.59 Å². The van der Waals surface area contributed by atoms with Crippen LogP contribution in [-0.2, 0) is 14.3 Å². The molecule has 1 saturated carbocycles. The molecule has 0 bridgehead atoms. The van der Waals surface area contributed by atoms with Crippen LogP contribution in [0.2, 0.25) is 0 Å². The Labute approximate surface area is 203 Å². The normalized spacial score (nSPS) is 21.4. The Morgan fingerprint density at radius 1 is 1.03 bits per heavy atom. The lowest BCUT2D eigenvalue weighted by Crippen LogP contribution is -2.44. The van der Waals surface area contributed by atoms with Crippen LogP contribution in [0, 0.1) is 23.7 Å². The van der Waals surface area contributed by atoms with Crippen LogP contribution >= 0.6 is 0 Å². The van der Waals surface area contributed by atoms with Gasteiger partial charge < -0.3 is 25.4 Å². The van der Waals surface area contributed by atoms with E-state index in [1.807, 2.05) is 0 Å². The Kier molecular flexibility index (Phi) is 9.36. The summed E-state index contributed by atoms with van der Waals surface area (Å²) in [5, 5.41) is 8.36. The summed E-state index contributed by atoms with van der Waals surface area (Å²) >= 11 is 0. The number of ether oxygens (including phenoxy) is 2. The summed E-state index contributed by atoms with van der Waals surface area (Å²) in [4.78, 5) is 38.1. The fourth-order valence-corrected chi connectivity index (χ4v) is 4.38. The highest BCUT2D eigenvalue weighted by molar-refractivity contribution is 6.02. The molecule has 1 aliphatic carbocycles. The molecule has 3 N–H and O–H groups in total. The SMILES string of the molecule is COc1ccc(NC(=O)C2C[C@H](C)CC[C@H]2C(C)C)c(NC(=O)[C@@H](C)NC(=O)OC(C)(C)C)c1. The molecule has 8 nitrogen and oxygen atoms in total. The molecule has 8 heteroatoms. The molecule has 2 rings (SSSR count). The molecule has 190 valence electrons. The van der Waals surface area contributed by atoms with E-state index in [0.717, 1.165) is 19.3 Å². The summed E-state index contributed by atoms with van der Waals surface area (Å²) in [7, 11) is 1.53. The summed E-state index contributed by atoms with van der Waals surface area (Å²) in [5.74, 6) is 1.21. The fraction of sp³-hybridized carbons (Fsp3) is 0.654. The van der Waals surface area contributed by atoms with Crippen molar-refractivity contribution in [1.82, 2.24) is 5.32 Å². The van der Waals surface area contributed by atoms with Gasteiger partial charge in [-0.15, -0.1) is 0 Å². The number of amides is 3. The lowest BCUT2D eigenvalue weighted by molar-refractivity contribution is -0.124. The molecule has 0 spiro atoms. The quantitative estimate of drug-likeness (QED) is 0.503. The first kappa shape index (κ1) is 27.5. The van der Waals surface area contributed by atoms with Crippen LogP contribution in [0.5, 0.6) is 5.75 Å². The highest BCUT2D eigenvalue weighted by Crippen LogP contribution is 2.39. The van der Waals surface area contributed by atoms with E-state index in [0.29, 0.717) is 34.9 Å². The van der Waals surface area contributed by atoms with Crippen LogP contribution in [0.3, 0.4) is 0 Å². The first-order chi connectivity index (χ1) is 15.8. The van der Waals surface area contributed by atoms with Gasteiger partial charge in [0.2, 0.25) is 11.8 Å². The predicted octanol–water partition coefficient (Wildman–Crippen LogP) is 5.19. The molecule has 0 aromatic heterocycles. The number of benzene rings is 1. The summed E-state index contributed by atoms with van der Waals surface area (Å²) in [6, 6.07) is 4.25. The van der Waals surface area contributed by atoms with Gasteiger partial charge >= 0.3 is 6.09 Å². The van der Waals surface area contributed by atoms with Crippen LogP contribution in [0.25, 0.3) is 0 Å². The minimum Gasteiger partial charge on any atom is -0.497 e. The van der Waals surface area contributed by atoms with Crippen molar-refractivity contribution in [3.63, 3.8) is 0 Å². The van der Waals surface area contributed by atoms with Gasteiger partial charge in [-0.1, -0.05) is 27.2 Å². The van der Waals surface area contributed by atoms with Gasteiger partial charge in [0.25, 0.3) is 0 Å². The smallest absolute Gasteiger partial charge is 0.408 e. The van der Waals surface area contributed by atoms with Crippen LogP contribution in [0.15, 0.2) is 18.2 Å². The first-order valence-corrected chi connectivity index (χ1v) is 12.1. The zero-order valence-corrected chi connectivity index (χ0v) is 21.8. The predicted molar refractivity (Wildman–Crippen MR) is 134 cm³/mol. The minimum absolute atomic E-state index is 0.0363. The van der Waals surface area contributed by atoms with Crippen molar-refractivity contribution in [1.29, 1.82) is 0 Å². The number of hydrogen-bond acceptors (Lipinski definition) is 5. The zero-order valence-electron chi connectivity index (χ0n) is 21.8. The van der Waals surface area contributed by atoms with Gasteiger partial charge in [0.15, 0.2) is 0 Å².